The van der Waals surface area contributed by atoms with E-state index in [0.717, 1.165) is 11.1 Å². The number of rotatable bonds is 8. The van der Waals surface area contributed by atoms with Gasteiger partial charge < -0.3 is 10.1 Å². The predicted molar refractivity (Wildman–Crippen MR) is 105 cm³/mol. The number of sulfonamides is 1. The quantitative estimate of drug-likeness (QED) is 0.752. The Kier molecular flexibility index (Phi) is 6.98. The van der Waals surface area contributed by atoms with E-state index in [2.05, 4.69) is 5.32 Å². The summed E-state index contributed by atoms with van der Waals surface area (Å²) in [5, 5.41) is 2.82. The number of amides is 1. The molecule has 0 aromatic heterocycles. The van der Waals surface area contributed by atoms with Gasteiger partial charge in [-0.3, -0.25) is 4.79 Å². The van der Waals surface area contributed by atoms with Crippen molar-refractivity contribution in [3.8, 4) is 5.75 Å². The van der Waals surface area contributed by atoms with E-state index in [-0.39, 0.29) is 16.4 Å². The SMILES string of the molecule is CCN(CC)S(=O)(=O)c1ccc(OC)c(C(=O)NCc2ccc(C)cc2)c1. The lowest BCUT2D eigenvalue weighted by molar-refractivity contribution is 0.0947. The number of aryl methyl sites for hydroxylation is 1. The van der Waals surface area contributed by atoms with Crippen molar-refractivity contribution in [1.82, 2.24) is 9.62 Å². The van der Waals surface area contributed by atoms with Gasteiger partial charge >= 0.3 is 0 Å². The summed E-state index contributed by atoms with van der Waals surface area (Å²) in [7, 11) is -2.21. The molecule has 0 atom stereocenters. The number of hydrogen-bond acceptors (Lipinski definition) is 4. The fourth-order valence-corrected chi connectivity index (χ4v) is 4.21. The van der Waals surface area contributed by atoms with Crippen molar-refractivity contribution in [2.24, 2.45) is 0 Å². The van der Waals surface area contributed by atoms with Crippen LogP contribution in [0.2, 0.25) is 0 Å². The second-order valence-corrected chi connectivity index (χ2v) is 8.06. The Labute approximate surface area is 161 Å². The Bertz CT molecular complexity index is 889. The van der Waals surface area contributed by atoms with E-state index < -0.39 is 10.0 Å². The van der Waals surface area contributed by atoms with Crippen molar-refractivity contribution in [1.29, 1.82) is 0 Å². The molecule has 1 N–H and O–H groups in total. The van der Waals surface area contributed by atoms with Crippen molar-refractivity contribution >= 4 is 15.9 Å². The number of methoxy groups -OCH3 is 1. The Balaban J connectivity index is 2.28. The third-order valence-electron chi connectivity index (χ3n) is 4.33. The van der Waals surface area contributed by atoms with Crippen LogP contribution in [0.15, 0.2) is 47.4 Å². The zero-order chi connectivity index (χ0) is 20.0. The van der Waals surface area contributed by atoms with Crippen molar-refractivity contribution < 1.29 is 17.9 Å². The predicted octanol–water partition coefficient (Wildman–Crippen LogP) is 2.96. The van der Waals surface area contributed by atoms with E-state index in [1.54, 1.807) is 13.8 Å². The molecule has 27 heavy (non-hydrogen) atoms. The summed E-state index contributed by atoms with van der Waals surface area (Å²) >= 11 is 0. The summed E-state index contributed by atoms with van der Waals surface area (Å²) in [6.07, 6.45) is 0. The minimum Gasteiger partial charge on any atom is -0.496 e. The fourth-order valence-electron chi connectivity index (χ4n) is 2.72. The molecule has 6 nitrogen and oxygen atoms in total. The lowest BCUT2D eigenvalue weighted by Crippen LogP contribution is -2.31. The van der Waals surface area contributed by atoms with Gasteiger partial charge in [-0.15, -0.1) is 0 Å². The van der Waals surface area contributed by atoms with Gasteiger partial charge in [0.2, 0.25) is 10.0 Å². The van der Waals surface area contributed by atoms with Crippen LogP contribution in [-0.4, -0.2) is 38.8 Å². The molecule has 0 aliphatic rings. The van der Waals surface area contributed by atoms with Crippen LogP contribution >= 0.6 is 0 Å². The Morgan fingerprint density at radius 1 is 1.07 bits per heavy atom. The first-order chi connectivity index (χ1) is 12.8. The first kappa shape index (κ1) is 20.9. The van der Waals surface area contributed by atoms with Crippen LogP contribution in [0, 0.1) is 6.92 Å². The maximum Gasteiger partial charge on any atom is 0.255 e. The number of benzene rings is 2. The number of nitrogens with one attached hydrogen (secondary N) is 1. The van der Waals surface area contributed by atoms with Gasteiger partial charge in [0.15, 0.2) is 0 Å². The molecule has 7 heteroatoms. The smallest absolute Gasteiger partial charge is 0.255 e. The van der Waals surface area contributed by atoms with Gasteiger partial charge in [-0.2, -0.15) is 4.31 Å². The van der Waals surface area contributed by atoms with Crippen LogP contribution in [0.5, 0.6) is 5.75 Å². The molecule has 0 unspecified atom stereocenters. The minimum atomic E-state index is -3.66. The van der Waals surface area contributed by atoms with Gasteiger partial charge in [0.1, 0.15) is 5.75 Å². The zero-order valence-electron chi connectivity index (χ0n) is 16.2. The van der Waals surface area contributed by atoms with Crippen LogP contribution in [0.3, 0.4) is 0 Å². The van der Waals surface area contributed by atoms with E-state index in [4.69, 9.17) is 4.74 Å². The molecule has 0 radical (unpaired) electrons. The van der Waals surface area contributed by atoms with E-state index in [9.17, 15) is 13.2 Å². The molecule has 0 heterocycles. The number of hydrogen-bond donors (Lipinski definition) is 1. The molecule has 1 amide bonds. The summed E-state index contributed by atoms with van der Waals surface area (Å²) in [6.45, 7) is 6.61. The van der Waals surface area contributed by atoms with Gasteiger partial charge in [0.05, 0.1) is 17.6 Å². The molecule has 0 bridgehead atoms. The molecule has 146 valence electrons. The van der Waals surface area contributed by atoms with Gasteiger partial charge in [-0.1, -0.05) is 43.7 Å². The Hall–Kier alpha value is -2.38. The topological polar surface area (TPSA) is 75.7 Å². The zero-order valence-corrected chi connectivity index (χ0v) is 17.0. The maximum absolute atomic E-state index is 12.7. The van der Waals surface area contributed by atoms with E-state index in [1.807, 2.05) is 31.2 Å². The van der Waals surface area contributed by atoms with Crippen LogP contribution < -0.4 is 10.1 Å². The Morgan fingerprint density at radius 3 is 2.26 bits per heavy atom. The first-order valence-corrected chi connectivity index (χ1v) is 10.3. The van der Waals surface area contributed by atoms with Gasteiger partial charge in [-0.25, -0.2) is 8.42 Å². The molecular formula is C20H26N2O4S. The molecule has 0 saturated carbocycles. The highest BCUT2D eigenvalue weighted by molar-refractivity contribution is 7.89. The molecule has 2 aromatic rings. The lowest BCUT2D eigenvalue weighted by Gasteiger charge is -2.19. The van der Waals surface area contributed by atoms with Crippen LogP contribution in [0.4, 0.5) is 0 Å². The van der Waals surface area contributed by atoms with E-state index in [0.29, 0.717) is 25.4 Å². The summed E-state index contributed by atoms with van der Waals surface area (Å²) < 4.78 is 32.1. The first-order valence-electron chi connectivity index (χ1n) is 8.85. The van der Waals surface area contributed by atoms with Gasteiger partial charge in [0.25, 0.3) is 5.91 Å². The Morgan fingerprint density at radius 2 is 1.70 bits per heavy atom. The third kappa shape index (κ3) is 4.87. The third-order valence-corrected chi connectivity index (χ3v) is 6.38. The second-order valence-electron chi connectivity index (χ2n) is 6.12. The van der Waals surface area contributed by atoms with Gasteiger partial charge in [-0.05, 0) is 30.7 Å². The fraction of sp³-hybridized carbons (Fsp3) is 0.350. The van der Waals surface area contributed by atoms with E-state index in [1.165, 1.54) is 29.6 Å². The minimum absolute atomic E-state index is 0.0764. The molecule has 0 aliphatic heterocycles. The van der Waals surface area contributed by atoms with E-state index >= 15 is 0 Å². The monoisotopic (exact) mass is 390 g/mol. The van der Waals surface area contributed by atoms with Crippen LogP contribution in [0.25, 0.3) is 0 Å². The normalized spacial score (nSPS) is 11.4. The maximum atomic E-state index is 12.7. The molecule has 0 fully saturated rings. The molecule has 2 aromatic carbocycles. The second kappa shape index (κ2) is 9.01. The van der Waals surface area contributed by atoms with Crippen molar-refractivity contribution in [3.63, 3.8) is 0 Å². The number of nitrogens with zero attached hydrogens (tertiary/aromatic N) is 1. The van der Waals surface area contributed by atoms with Crippen molar-refractivity contribution in [2.45, 2.75) is 32.2 Å². The molecule has 0 spiro atoms. The standard InChI is InChI=1S/C20H26N2O4S/c1-5-22(6-2)27(24,25)17-11-12-19(26-4)18(13-17)20(23)21-14-16-9-7-15(3)8-10-16/h7-13H,5-6,14H2,1-4H3,(H,21,23). The summed E-state index contributed by atoms with van der Waals surface area (Å²) in [4.78, 5) is 12.7. The highest BCUT2D eigenvalue weighted by atomic mass is 32.2. The summed E-state index contributed by atoms with van der Waals surface area (Å²) in [6, 6.07) is 12.2. The van der Waals surface area contributed by atoms with Crippen LogP contribution in [0.1, 0.15) is 35.3 Å². The molecular weight excluding hydrogens is 364 g/mol. The van der Waals surface area contributed by atoms with Gasteiger partial charge in [0, 0.05) is 19.6 Å². The lowest BCUT2D eigenvalue weighted by atomic mass is 10.1. The highest BCUT2D eigenvalue weighted by Crippen LogP contribution is 2.24. The molecule has 0 aliphatic carbocycles. The van der Waals surface area contributed by atoms with Crippen LogP contribution in [-0.2, 0) is 16.6 Å². The number of carbonyl (C=O) groups is 1. The average molecular weight is 391 g/mol. The molecule has 0 saturated heterocycles. The summed E-state index contributed by atoms with van der Waals surface area (Å²) in [5.74, 6) is -0.0566. The largest absolute Gasteiger partial charge is 0.496 e. The van der Waals surface area contributed by atoms with Crippen molar-refractivity contribution in [3.05, 3.63) is 59.2 Å². The average Bonchev–Trinajstić information content (AvgIpc) is 2.67. The number of ether oxygens (including phenoxy) is 1. The summed E-state index contributed by atoms with van der Waals surface area (Å²) in [5.41, 5.74) is 2.29. The molecule has 2 rings (SSSR count). The van der Waals surface area contributed by atoms with Crippen molar-refractivity contribution in [2.75, 3.05) is 20.2 Å². The number of carbonyl (C=O) groups excluding carboxylic acids is 1. The highest BCUT2D eigenvalue weighted by Gasteiger charge is 2.24.